The quantitative estimate of drug-likeness (QED) is 0.400. The first-order valence-corrected chi connectivity index (χ1v) is 12.0. The van der Waals surface area contributed by atoms with Gasteiger partial charge in [-0.1, -0.05) is 52.3 Å². The average molecular weight is 483 g/mol. The van der Waals surface area contributed by atoms with Crippen LogP contribution in [0.15, 0.2) is 23.8 Å². The molecule has 0 amide bonds. The van der Waals surface area contributed by atoms with Gasteiger partial charge in [-0.2, -0.15) is 0 Å². The number of esters is 2. The summed E-state index contributed by atoms with van der Waals surface area (Å²) in [5, 5.41) is 20.4. The molecule has 0 aromatic heterocycles. The van der Waals surface area contributed by atoms with Crippen LogP contribution in [0.4, 0.5) is 0 Å². The molecule has 0 aromatic rings. The monoisotopic (exact) mass is 482 g/mol. The first-order chi connectivity index (χ1) is 15.9. The fourth-order valence-electron chi connectivity index (χ4n) is 4.29. The number of rotatable bonds is 8. The minimum absolute atomic E-state index is 0.0281. The number of hydrogen-bond donors (Lipinski definition) is 2. The highest BCUT2D eigenvalue weighted by Crippen LogP contribution is 2.27. The van der Waals surface area contributed by atoms with Crippen molar-refractivity contribution in [2.75, 3.05) is 14.2 Å². The molecule has 8 nitrogen and oxygen atoms in total. The number of methoxy groups -OCH3 is 2. The number of carbonyl (C=O) groups is 3. The van der Waals surface area contributed by atoms with E-state index >= 15 is 0 Å². The molecule has 8 heteroatoms. The zero-order chi connectivity index (χ0) is 26.0. The van der Waals surface area contributed by atoms with E-state index < -0.39 is 48.2 Å². The van der Waals surface area contributed by atoms with Gasteiger partial charge < -0.3 is 24.4 Å². The lowest BCUT2D eigenvalue weighted by Crippen LogP contribution is -2.39. The van der Waals surface area contributed by atoms with E-state index in [1.807, 2.05) is 13.8 Å². The van der Waals surface area contributed by atoms with E-state index in [0.29, 0.717) is 5.57 Å². The smallest absolute Gasteiger partial charge is 0.338 e. The maximum absolute atomic E-state index is 13.1. The molecule has 1 aliphatic rings. The summed E-state index contributed by atoms with van der Waals surface area (Å²) in [6.45, 7) is 9.25. The van der Waals surface area contributed by atoms with Gasteiger partial charge in [-0.3, -0.25) is 9.59 Å². The summed E-state index contributed by atoms with van der Waals surface area (Å²) in [6, 6.07) is 0. The number of ketones is 1. The number of cyclic esters (lactones) is 1. The molecule has 2 N–H and O–H groups in total. The molecule has 0 saturated carbocycles. The van der Waals surface area contributed by atoms with Crippen molar-refractivity contribution in [2.24, 2.45) is 23.7 Å². The van der Waals surface area contributed by atoms with Crippen LogP contribution in [0, 0.1) is 23.7 Å². The highest BCUT2D eigenvalue weighted by Gasteiger charge is 2.32. The summed E-state index contributed by atoms with van der Waals surface area (Å²) in [7, 11) is 2.74. The van der Waals surface area contributed by atoms with Gasteiger partial charge in [-0.05, 0) is 37.2 Å². The standard InChI is InChI=1S/C26H42O8/c1-15-9-8-10-16(2)25(34-26(31)24(30)20(27)12-11-15)18(4)13-17(3)23(29)19(5)21(32-6)14-22(28)33-7/h11-13,15-17,19-21,24-25,27,30H,8-10,14H2,1-7H3/b12-11+,18-13+/t15-,16+,17-,19-,20-,21-,24-,25+/m1/s1. The second-order valence-corrected chi connectivity index (χ2v) is 9.51. The summed E-state index contributed by atoms with van der Waals surface area (Å²) in [5.41, 5.74) is 0.693. The predicted octanol–water partition coefficient (Wildman–Crippen LogP) is 3.00. The van der Waals surface area contributed by atoms with Gasteiger partial charge in [0, 0.05) is 18.9 Å². The number of allylic oxidation sites excluding steroid dienone is 2. The third-order valence-corrected chi connectivity index (χ3v) is 6.60. The van der Waals surface area contributed by atoms with E-state index in [1.165, 1.54) is 20.3 Å². The Morgan fingerprint density at radius 3 is 2.41 bits per heavy atom. The second kappa shape index (κ2) is 14.4. The van der Waals surface area contributed by atoms with E-state index in [9.17, 15) is 24.6 Å². The fraction of sp³-hybridized carbons (Fsp3) is 0.731. The van der Waals surface area contributed by atoms with Gasteiger partial charge in [-0.25, -0.2) is 4.79 Å². The van der Waals surface area contributed by atoms with Gasteiger partial charge in [0.05, 0.1) is 19.6 Å². The number of carbonyl (C=O) groups excluding carboxylic acids is 3. The molecule has 0 aliphatic carbocycles. The van der Waals surface area contributed by atoms with Gasteiger partial charge in [0.15, 0.2) is 6.10 Å². The van der Waals surface area contributed by atoms with Crippen molar-refractivity contribution in [3.63, 3.8) is 0 Å². The first-order valence-electron chi connectivity index (χ1n) is 12.0. The summed E-state index contributed by atoms with van der Waals surface area (Å²) in [4.78, 5) is 37.2. The number of aliphatic hydroxyl groups is 2. The Balaban J connectivity index is 3.08. The van der Waals surface area contributed by atoms with Gasteiger partial charge in [0.1, 0.15) is 18.0 Å². The summed E-state index contributed by atoms with van der Waals surface area (Å²) < 4.78 is 15.7. The SMILES string of the molecule is COC(=O)C[C@@H](OC)[C@@H](C)C(=O)[C@H](C)/C=C(\C)[C@H]1OC(=O)[C@H](O)[C@H](O)/C=C/[C@H](C)CCC[C@@H]1C. The lowest BCUT2D eigenvalue weighted by atomic mass is 9.86. The number of hydrogen-bond acceptors (Lipinski definition) is 8. The Labute approximate surface area is 203 Å². The molecule has 0 spiro atoms. The van der Waals surface area contributed by atoms with Crippen LogP contribution in [0.25, 0.3) is 0 Å². The molecule has 0 unspecified atom stereocenters. The van der Waals surface area contributed by atoms with E-state index in [-0.39, 0.29) is 24.0 Å². The van der Waals surface area contributed by atoms with Crippen LogP contribution in [-0.4, -0.2) is 66.6 Å². The topological polar surface area (TPSA) is 119 Å². The summed E-state index contributed by atoms with van der Waals surface area (Å²) >= 11 is 0. The van der Waals surface area contributed by atoms with Crippen LogP contribution in [-0.2, 0) is 28.6 Å². The molecular formula is C26H42O8. The number of ether oxygens (including phenoxy) is 3. The molecule has 0 radical (unpaired) electrons. The van der Waals surface area contributed by atoms with Crippen LogP contribution >= 0.6 is 0 Å². The van der Waals surface area contributed by atoms with Crippen molar-refractivity contribution in [3.8, 4) is 0 Å². The van der Waals surface area contributed by atoms with Gasteiger partial charge in [-0.15, -0.1) is 0 Å². The van der Waals surface area contributed by atoms with Crippen molar-refractivity contribution in [1.29, 1.82) is 0 Å². The Bertz CT molecular complexity index is 743. The van der Waals surface area contributed by atoms with Crippen molar-refractivity contribution < 1.29 is 38.8 Å². The Morgan fingerprint density at radius 2 is 1.82 bits per heavy atom. The minimum atomic E-state index is -1.69. The van der Waals surface area contributed by atoms with E-state index in [2.05, 4.69) is 4.74 Å². The number of aliphatic hydroxyl groups excluding tert-OH is 2. The van der Waals surface area contributed by atoms with Crippen molar-refractivity contribution in [3.05, 3.63) is 23.8 Å². The highest BCUT2D eigenvalue weighted by atomic mass is 16.6. The fourth-order valence-corrected chi connectivity index (χ4v) is 4.29. The largest absolute Gasteiger partial charge is 0.469 e. The van der Waals surface area contributed by atoms with E-state index in [0.717, 1.165) is 19.3 Å². The van der Waals surface area contributed by atoms with E-state index in [4.69, 9.17) is 9.47 Å². The first kappa shape index (κ1) is 30.0. The molecule has 0 bridgehead atoms. The Hall–Kier alpha value is -2.03. The zero-order valence-electron chi connectivity index (χ0n) is 21.5. The molecule has 0 saturated heterocycles. The van der Waals surface area contributed by atoms with E-state index in [1.54, 1.807) is 32.9 Å². The molecule has 0 aromatic carbocycles. The Morgan fingerprint density at radius 1 is 1.18 bits per heavy atom. The molecule has 1 heterocycles. The molecule has 1 aliphatic heterocycles. The lowest BCUT2D eigenvalue weighted by molar-refractivity contribution is -0.164. The molecule has 34 heavy (non-hydrogen) atoms. The minimum Gasteiger partial charge on any atom is -0.469 e. The molecular weight excluding hydrogens is 440 g/mol. The molecule has 0 fully saturated rings. The van der Waals surface area contributed by atoms with Crippen LogP contribution in [0.3, 0.4) is 0 Å². The van der Waals surface area contributed by atoms with Crippen LogP contribution in [0.2, 0.25) is 0 Å². The summed E-state index contributed by atoms with van der Waals surface area (Å²) in [5.74, 6) is -2.38. The van der Waals surface area contributed by atoms with Gasteiger partial charge >= 0.3 is 11.9 Å². The van der Waals surface area contributed by atoms with Gasteiger partial charge in [0.2, 0.25) is 0 Å². The average Bonchev–Trinajstić information content (AvgIpc) is 2.81. The predicted molar refractivity (Wildman–Crippen MR) is 128 cm³/mol. The molecule has 8 atom stereocenters. The third-order valence-electron chi connectivity index (χ3n) is 6.60. The third kappa shape index (κ3) is 8.96. The van der Waals surface area contributed by atoms with Crippen molar-refractivity contribution >= 4 is 17.7 Å². The van der Waals surface area contributed by atoms with Crippen molar-refractivity contribution in [1.82, 2.24) is 0 Å². The maximum atomic E-state index is 13.1. The highest BCUT2D eigenvalue weighted by molar-refractivity contribution is 5.85. The van der Waals surface area contributed by atoms with Crippen LogP contribution in [0.1, 0.15) is 60.3 Å². The molecule has 1 rings (SSSR count). The van der Waals surface area contributed by atoms with Crippen molar-refractivity contribution in [2.45, 2.75) is 84.7 Å². The number of Topliss-reactive ketones (excluding diaryl/α,β-unsaturated/α-hetero) is 1. The lowest BCUT2D eigenvalue weighted by Gasteiger charge is -2.28. The van der Waals surface area contributed by atoms with Gasteiger partial charge in [0.25, 0.3) is 0 Å². The maximum Gasteiger partial charge on any atom is 0.338 e. The molecule has 194 valence electrons. The zero-order valence-corrected chi connectivity index (χ0v) is 21.5. The summed E-state index contributed by atoms with van der Waals surface area (Å²) in [6.07, 6.45) is 3.27. The van der Waals surface area contributed by atoms with Crippen LogP contribution < -0.4 is 0 Å². The van der Waals surface area contributed by atoms with Crippen LogP contribution in [0.5, 0.6) is 0 Å². The second-order valence-electron chi connectivity index (χ2n) is 9.51. The Kier molecular flexibility index (Phi) is 12.7. The normalized spacial score (nSPS) is 30.7.